The molecule has 0 saturated carbocycles. The molecule has 0 fully saturated rings. The minimum absolute atomic E-state index is 0.351. The van der Waals surface area contributed by atoms with Crippen LogP contribution in [0.25, 0.3) is 0 Å². The molecule has 2 N–H and O–H groups in total. The molecule has 2 rings (SSSR count). The first-order chi connectivity index (χ1) is 9.16. The second kappa shape index (κ2) is 6.87. The highest BCUT2D eigenvalue weighted by molar-refractivity contribution is 9.10. The molecular formula is C14H14BBrO3. The zero-order chi connectivity index (χ0) is 13.7. The molecule has 2 aromatic carbocycles. The first-order valence-corrected chi connectivity index (χ1v) is 6.72. The van der Waals surface area contributed by atoms with E-state index in [-0.39, 0.29) is 0 Å². The van der Waals surface area contributed by atoms with Crippen LogP contribution in [0.2, 0.25) is 0 Å². The summed E-state index contributed by atoms with van der Waals surface area (Å²) in [5.74, 6) is 0. The van der Waals surface area contributed by atoms with Crippen molar-refractivity contribution < 1.29 is 14.8 Å². The second-order valence-electron chi connectivity index (χ2n) is 4.19. The van der Waals surface area contributed by atoms with Crippen LogP contribution in [0.15, 0.2) is 53.0 Å². The van der Waals surface area contributed by atoms with Gasteiger partial charge in [-0.05, 0) is 28.7 Å². The van der Waals surface area contributed by atoms with Crippen molar-refractivity contribution in [1.29, 1.82) is 0 Å². The van der Waals surface area contributed by atoms with Gasteiger partial charge in [0.1, 0.15) is 0 Å². The van der Waals surface area contributed by atoms with Crippen molar-refractivity contribution in [2.75, 3.05) is 0 Å². The Morgan fingerprint density at radius 3 is 2.32 bits per heavy atom. The van der Waals surface area contributed by atoms with Crippen LogP contribution < -0.4 is 5.46 Å². The quantitative estimate of drug-likeness (QED) is 0.827. The van der Waals surface area contributed by atoms with Crippen LogP contribution in [0, 0.1) is 0 Å². The van der Waals surface area contributed by atoms with Gasteiger partial charge in [-0.15, -0.1) is 0 Å². The van der Waals surface area contributed by atoms with E-state index in [0.717, 1.165) is 15.6 Å². The van der Waals surface area contributed by atoms with E-state index in [0.29, 0.717) is 18.7 Å². The summed E-state index contributed by atoms with van der Waals surface area (Å²) >= 11 is 3.38. The van der Waals surface area contributed by atoms with E-state index in [1.807, 2.05) is 36.4 Å². The summed E-state index contributed by atoms with van der Waals surface area (Å²) in [6.45, 7) is 0.840. The summed E-state index contributed by atoms with van der Waals surface area (Å²) in [5.41, 5.74) is 2.35. The highest BCUT2D eigenvalue weighted by Gasteiger charge is 2.14. The molecule has 0 bridgehead atoms. The summed E-state index contributed by atoms with van der Waals surface area (Å²) in [7, 11) is -1.47. The lowest BCUT2D eigenvalue weighted by molar-refractivity contribution is 0.107. The number of benzene rings is 2. The Labute approximate surface area is 121 Å². The van der Waals surface area contributed by atoms with Gasteiger partial charge in [-0.3, -0.25) is 0 Å². The molecule has 0 aliphatic rings. The maximum Gasteiger partial charge on any atom is 0.488 e. The zero-order valence-corrected chi connectivity index (χ0v) is 11.9. The third-order valence-electron chi connectivity index (χ3n) is 2.77. The van der Waals surface area contributed by atoms with Crippen molar-refractivity contribution in [3.05, 3.63) is 64.1 Å². The number of halogens is 1. The topological polar surface area (TPSA) is 49.7 Å². The van der Waals surface area contributed by atoms with Gasteiger partial charge in [0.15, 0.2) is 0 Å². The highest BCUT2D eigenvalue weighted by Crippen LogP contribution is 2.11. The molecule has 0 atom stereocenters. The average Bonchev–Trinajstić information content (AvgIpc) is 2.41. The Hall–Kier alpha value is -1.14. The summed E-state index contributed by atoms with van der Waals surface area (Å²) in [6.07, 6.45) is 0. The number of ether oxygens (including phenoxy) is 1. The maximum atomic E-state index is 9.25. The van der Waals surface area contributed by atoms with Crippen LogP contribution in [0.3, 0.4) is 0 Å². The number of hydrogen-bond acceptors (Lipinski definition) is 3. The summed E-state index contributed by atoms with van der Waals surface area (Å²) in [6, 6.07) is 15.0. The normalized spacial score (nSPS) is 10.5. The first-order valence-electron chi connectivity index (χ1n) is 5.93. The van der Waals surface area contributed by atoms with Gasteiger partial charge >= 0.3 is 7.12 Å². The van der Waals surface area contributed by atoms with Crippen LogP contribution in [0.1, 0.15) is 11.1 Å². The number of hydrogen-bond donors (Lipinski definition) is 2. The van der Waals surface area contributed by atoms with E-state index in [9.17, 15) is 10.0 Å². The minimum atomic E-state index is -1.47. The van der Waals surface area contributed by atoms with Gasteiger partial charge in [-0.25, -0.2) is 0 Å². The molecular weight excluding hydrogens is 307 g/mol. The molecule has 19 heavy (non-hydrogen) atoms. The Kier molecular flexibility index (Phi) is 5.16. The fourth-order valence-corrected chi connectivity index (χ4v) is 2.04. The molecule has 3 nitrogen and oxygen atoms in total. The molecule has 0 amide bonds. The van der Waals surface area contributed by atoms with Crippen LogP contribution >= 0.6 is 15.9 Å². The summed E-state index contributed by atoms with van der Waals surface area (Å²) in [4.78, 5) is 0. The van der Waals surface area contributed by atoms with Gasteiger partial charge in [-0.2, -0.15) is 0 Å². The summed E-state index contributed by atoms with van der Waals surface area (Å²) < 4.78 is 6.63. The van der Waals surface area contributed by atoms with Gasteiger partial charge < -0.3 is 14.8 Å². The van der Waals surface area contributed by atoms with Crippen LogP contribution in [-0.4, -0.2) is 17.2 Å². The van der Waals surface area contributed by atoms with Crippen molar-refractivity contribution in [2.45, 2.75) is 13.2 Å². The van der Waals surface area contributed by atoms with E-state index >= 15 is 0 Å². The van der Waals surface area contributed by atoms with Gasteiger partial charge in [0.25, 0.3) is 0 Å². The van der Waals surface area contributed by atoms with E-state index in [1.54, 1.807) is 12.1 Å². The molecule has 0 unspecified atom stereocenters. The van der Waals surface area contributed by atoms with E-state index in [2.05, 4.69) is 15.9 Å². The lowest BCUT2D eigenvalue weighted by Gasteiger charge is -2.09. The molecule has 0 heterocycles. The molecule has 5 heteroatoms. The smallest absolute Gasteiger partial charge is 0.423 e. The lowest BCUT2D eigenvalue weighted by Crippen LogP contribution is -2.33. The van der Waals surface area contributed by atoms with Gasteiger partial charge in [0.05, 0.1) is 13.2 Å². The standard InChI is InChI=1S/C14H14BBrO3/c16-13-7-5-11(6-8-13)9-19-10-12-3-1-2-4-14(12)15(17)18/h1-8,17-18H,9-10H2. The summed E-state index contributed by atoms with van der Waals surface area (Å²) in [5, 5.41) is 18.5. The van der Waals surface area contributed by atoms with E-state index in [4.69, 9.17) is 4.74 Å². The van der Waals surface area contributed by atoms with Crippen LogP contribution in [0.5, 0.6) is 0 Å². The van der Waals surface area contributed by atoms with E-state index < -0.39 is 7.12 Å². The fraction of sp³-hybridized carbons (Fsp3) is 0.143. The van der Waals surface area contributed by atoms with Crippen molar-refractivity contribution in [3.63, 3.8) is 0 Å². The predicted octanol–water partition coefficient (Wildman–Crippen LogP) is 1.85. The Morgan fingerprint density at radius 2 is 1.63 bits per heavy atom. The Balaban J connectivity index is 1.94. The van der Waals surface area contributed by atoms with Gasteiger partial charge in [0.2, 0.25) is 0 Å². The fourth-order valence-electron chi connectivity index (χ4n) is 1.78. The minimum Gasteiger partial charge on any atom is -0.423 e. The monoisotopic (exact) mass is 320 g/mol. The van der Waals surface area contributed by atoms with Crippen LogP contribution in [0.4, 0.5) is 0 Å². The van der Waals surface area contributed by atoms with E-state index in [1.165, 1.54) is 0 Å². The molecule has 0 radical (unpaired) electrons. The van der Waals surface area contributed by atoms with Crippen molar-refractivity contribution in [3.8, 4) is 0 Å². The lowest BCUT2D eigenvalue weighted by atomic mass is 9.77. The first kappa shape index (κ1) is 14.3. The maximum absolute atomic E-state index is 9.25. The SMILES string of the molecule is OB(O)c1ccccc1COCc1ccc(Br)cc1. The molecule has 0 spiro atoms. The largest absolute Gasteiger partial charge is 0.488 e. The third-order valence-corrected chi connectivity index (χ3v) is 3.30. The predicted molar refractivity (Wildman–Crippen MR) is 78.9 cm³/mol. The zero-order valence-electron chi connectivity index (χ0n) is 10.3. The molecule has 0 aromatic heterocycles. The second-order valence-corrected chi connectivity index (χ2v) is 5.11. The van der Waals surface area contributed by atoms with Crippen molar-refractivity contribution in [2.24, 2.45) is 0 Å². The van der Waals surface area contributed by atoms with Crippen LogP contribution in [-0.2, 0) is 18.0 Å². The molecule has 98 valence electrons. The van der Waals surface area contributed by atoms with Crippen molar-refractivity contribution in [1.82, 2.24) is 0 Å². The number of rotatable bonds is 5. The third kappa shape index (κ3) is 4.18. The highest BCUT2D eigenvalue weighted by atomic mass is 79.9. The average molecular weight is 321 g/mol. The van der Waals surface area contributed by atoms with Crippen molar-refractivity contribution >= 4 is 28.5 Å². The van der Waals surface area contributed by atoms with Gasteiger partial charge in [-0.1, -0.05) is 52.3 Å². The van der Waals surface area contributed by atoms with Gasteiger partial charge in [0, 0.05) is 4.47 Å². The molecule has 0 aliphatic heterocycles. The Morgan fingerprint density at radius 1 is 0.947 bits per heavy atom. The molecule has 0 saturated heterocycles. The Bertz CT molecular complexity index is 528. The molecule has 0 aliphatic carbocycles. The molecule has 2 aromatic rings.